The van der Waals surface area contributed by atoms with Gasteiger partial charge in [0.05, 0.1) is 0 Å². The molecule has 0 aromatic carbocycles. The first-order chi connectivity index (χ1) is 6.50. The Kier molecular flexibility index (Phi) is 3.56. The van der Waals surface area contributed by atoms with Crippen LogP contribution >= 0.6 is 0 Å². The van der Waals surface area contributed by atoms with Crippen molar-refractivity contribution in [2.45, 2.75) is 43.6 Å². The van der Waals surface area contributed by atoms with Gasteiger partial charge in [-0.05, 0) is 25.2 Å². The van der Waals surface area contributed by atoms with Crippen molar-refractivity contribution in [3.63, 3.8) is 0 Å². The third-order valence-corrected chi connectivity index (χ3v) is 3.22. The zero-order chi connectivity index (χ0) is 10.8. The Morgan fingerprint density at radius 3 is 2.79 bits per heavy atom. The predicted molar refractivity (Wildman–Crippen MR) is 57.8 cm³/mol. The van der Waals surface area contributed by atoms with Crippen LogP contribution in [0.1, 0.15) is 25.7 Å². The molecule has 0 bridgehead atoms. The van der Waals surface area contributed by atoms with Gasteiger partial charge < -0.3 is 16.6 Å². The zero-order valence-electron chi connectivity index (χ0n) is 8.70. The van der Waals surface area contributed by atoms with Gasteiger partial charge in [-0.2, -0.15) is 0 Å². The Labute approximate surface area is 85.4 Å². The van der Waals surface area contributed by atoms with Gasteiger partial charge in [0.15, 0.2) is 0 Å². The third-order valence-electron chi connectivity index (χ3n) is 3.22. The van der Waals surface area contributed by atoms with Crippen molar-refractivity contribution in [1.82, 2.24) is 0 Å². The van der Waals surface area contributed by atoms with Crippen molar-refractivity contribution in [3.8, 4) is 0 Å². The standard InChI is InChI=1S/C9H19BN2O2/c10-3-1-2-6-4-7(11)5-9(6,12)8(13)14/h6-7H,1-5,10-12H2,(H,13,14)/t6-,7-,9-/m0/s1. The molecule has 0 amide bonds. The molecular formula is C9H19BN2O2. The van der Waals surface area contributed by atoms with Crippen LogP contribution in [0.5, 0.6) is 0 Å². The van der Waals surface area contributed by atoms with Crippen LogP contribution in [0.3, 0.4) is 0 Å². The fraction of sp³-hybridized carbons (Fsp3) is 0.889. The van der Waals surface area contributed by atoms with E-state index >= 15 is 0 Å². The molecule has 0 aliphatic heterocycles. The van der Waals surface area contributed by atoms with Gasteiger partial charge in [-0.1, -0.05) is 12.7 Å². The van der Waals surface area contributed by atoms with E-state index in [1.165, 1.54) is 0 Å². The first-order valence-corrected chi connectivity index (χ1v) is 5.28. The molecule has 3 atom stereocenters. The van der Waals surface area contributed by atoms with Crippen LogP contribution < -0.4 is 11.5 Å². The minimum Gasteiger partial charge on any atom is -0.480 e. The van der Waals surface area contributed by atoms with E-state index < -0.39 is 11.5 Å². The largest absolute Gasteiger partial charge is 0.480 e. The lowest BCUT2D eigenvalue weighted by molar-refractivity contribution is -0.144. The van der Waals surface area contributed by atoms with Gasteiger partial charge in [0, 0.05) is 6.04 Å². The SMILES string of the molecule is BCCC[C@H]1C[C@H](N)C[C@@]1(N)C(=O)O. The minimum absolute atomic E-state index is 0.0436. The number of carboxylic acid groups (broad SMARTS) is 1. The molecule has 1 saturated carbocycles. The summed E-state index contributed by atoms with van der Waals surface area (Å²) in [7, 11) is 2.09. The van der Waals surface area contributed by atoms with Crippen LogP contribution in [0, 0.1) is 5.92 Å². The summed E-state index contributed by atoms with van der Waals surface area (Å²) < 4.78 is 0. The molecule has 80 valence electrons. The van der Waals surface area contributed by atoms with Crippen molar-refractivity contribution in [2.24, 2.45) is 17.4 Å². The minimum atomic E-state index is -1.07. The molecule has 1 aliphatic carbocycles. The van der Waals surface area contributed by atoms with E-state index in [0.29, 0.717) is 6.42 Å². The lowest BCUT2D eigenvalue weighted by Crippen LogP contribution is -2.51. The molecule has 5 N–H and O–H groups in total. The Balaban J connectivity index is 2.66. The van der Waals surface area contributed by atoms with E-state index in [4.69, 9.17) is 16.6 Å². The average Bonchev–Trinajstić information content (AvgIpc) is 2.39. The molecule has 4 nitrogen and oxygen atoms in total. The maximum atomic E-state index is 11.1. The monoisotopic (exact) mass is 198 g/mol. The first kappa shape index (κ1) is 11.5. The molecule has 0 aromatic rings. The van der Waals surface area contributed by atoms with Crippen molar-refractivity contribution in [2.75, 3.05) is 0 Å². The zero-order valence-corrected chi connectivity index (χ0v) is 8.70. The number of hydrogen-bond acceptors (Lipinski definition) is 3. The summed E-state index contributed by atoms with van der Waals surface area (Å²) in [5.74, 6) is -0.846. The molecule has 0 unspecified atom stereocenters. The van der Waals surface area contributed by atoms with E-state index in [1.807, 2.05) is 0 Å². The van der Waals surface area contributed by atoms with Crippen LogP contribution in [0.25, 0.3) is 0 Å². The molecular weight excluding hydrogens is 179 g/mol. The molecule has 5 heteroatoms. The summed E-state index contributed by atoms with van der Waals surface area (Å²) in [5, 5.41) is 9.08. The molecule has 1 aliphatic rings. The van der Waals surface area contributed by atoms with Gasteiger partial charge in [0.1, 0.15) is 13.4 Å². The third kappa shape index (κ3) is 2.09. The van der Waals surface area contributed by atoms with Crippen LogP contribution in [0.15, 0.2) is 0 Å². The average molecular weight is 198 g/mol. The highest BCUT2D eigenvalue weighted by Crippen LogP contribution is 2.36. The summed E-state index contributed by atoms with van der Waals surface area (Å²) in [6.07, 6.45) is 4.15. The highest BCUT2D eigenvalue weighted by Gasteiger charge is 2.48. The van der Waals surface area contributed by atoms with Gasteiger partial charge in [0.25, 0.3) is 0 Å². The van der Waals surface area contributed by atoms with Gasteiger partial charge >= 0.3 is 5.97 Å². The molecule has 0 spiro atoms. The Bertz CT molecular complexity index is 225. The predicted octanol–water partition coefficient (Wildman–Crippen LogP) is -0.663. The van der Waals surface area contributed by atoms with E-state index in [1.54, 1.807) is 0 Å². The number of carbonyl (C=O) groups is 1. The van der Waals surface area contributed by atoms with E-state index in [0.717, 1.165) is 25.6 Å². The molecule has 1 rings (SSSR count). The normalized spacial score (nSPS) is 37.3. The maximum absolute atomic E-state index is 11.1. The number of rotatable bonds is 4. The van der Waals surface area contributed by atoms with E-state index in [2.05, 4.69) is 7.85 Å². The highest BCUT2D eigenvalue weighted by atomic mass is 16.4. The van der Waals surface area contributed by atoms with Gasteiger partial charge in [-0.3, -0.25) is 4.79 Å². The molecule has 14 heavy (non-hydrogen) atoms. The summed E-state index contributed by atoms with van der Waals surface area (Å²) in [6.45, 7) is 0. The quantitative estimate of drug-likeness (QED) is 0.523. The van der Waals surface area contributed by atoms with Crippen LogP contribution in [0.2, 0.25) is 6.32 Å². The number of aliphatic carboxylic acids is 1. The number of hydrogen-bond donors (Lipinski definition) is 3. The van der Waals surface area contributed by atoms with Gasteiger partial charge in [0.2, 0.25) is 0 Å². The smallest absolute Gasteiger partial charge is 0.324 e. The second-order valence-electron chi connectivity index (χ2n) is 4.38. The van der Waals surface area contributed by atoms with Crippen LogP contribution in [-0.2, 0) is 4.79 Å². The first-order valence-electron chi connectivity index (χ1n) is 5.28. The van der Waals surface area contributed by atoms with Crippen molar-refractivity contribution in [3.05, 3.63) is 0 Å². The fourth-order valence-electron chi connectivity index (χ4n) is 2.35. The van der Waals surface area contributed by atoms with Gasteiger partial charge in [-0.25, -0.2) is 0 Å². The highest BCUT2D eigenvalue weighted by molar-refractivity contribution is 6.08. The molecule has 0 radical (unpaired) electrons. The molecule has 0 aromatic heterocycles. The lowest BCUT2D eigenvalue weighted by atomic mass is 9.83. The summed E-state index contributed by atoms with van der Waals surface area (Å²) in [5.41, 5.74) is 10.6. The summed E-state index contributed by atoms with van der Waals surface area (Å²) >= 11 is 0. The van der Waals surface area contributed by atoms with E-state index in [-0.39, 0.29) is 12.0 Å². The topological polar surface area (TPSA) is 89.3 Å². The Hall–Kier alpha value is -0.545. The maximum Gasteiger partial charge on any atom is 0.324 e. The second kappa shape index (κ2) is 4.32. The summed E-state index contributed by atoms with van der Waals surface area (Å²) in [6, 6.07) is -0.0436. The number of carboxylic acids is 1. The molecule has 1 fully saturated rings. The van der Waals surface area contributed by atoms with Crippen LogP contribution in [-0.4, -0.2) is 30.5 Å². The summed E-state index contributed by atoms with van der Waals surface area (Å²) in [4.78, 5) is 11.1. The Morgan fingerprint density at radius 2 is 2.29 bits per heavy atom. The number of nitrogens with two attached hydrogens (primary N) is 2. The second-order valence-corrected chi connectivity index (χ2v) is 4.38. The van der Waals surface area contributed by atoms with Crippen molar-refractivity contribution < 1.29 is 9.90 Å². The van der Waals surface area contributed by atoms with Crippen LogP contribution in [0.4, 0.5) is 0 Å². The molecule has 0 heterocycles. The van der Waals surface area contributed by atoms with E-state index in [9.17, 15) is 4.79 Å². The lowest BCUT2D eigenvalue weighted by Gasteiger charge is -2.26. The fourth-order valence-corrected chi connectivity index (χ4v) is 2.35. The van der Waals surface area contributed by atoms with Gasteiger partial charge in [-0.15, -0.1) is 0 Å². The van der Waals surface area contributed by atoms with Crippen molar-refractivity contribution in [1.29, 1.82) is 0 Å². The van der Waals surface area contributed by atoms with Crippen molar-refractivity contribution >= 4 is 13.8 Å². The Morgan fingerprint density at radius 1 is 1.64 bits per heavy atom. The molecule has 0 saturated heterocycles.